The van der Waals surface area contributed by atoms with Crippen LogP contribution in [0, 0.1) is 6.92 Å². The Kier molecular flexibility index (Phi) is 5.50. The first kappa shape index (κ1) is 15.7. The molecule has 1 saturated heterocycles. The van der Waals surface area contributed by atoms with Crippen molar-refractivity contribution < 1.29 is 9.53 Å². The summed E-state index contributed by atoms with van der Waals surface area (Å²) >= 11 is 0. The van der Waals surface area contributed by atoms with Gasteiger partial charge >= 0.3 is 5.97 Å². The van der Waals surface area contributed by atoms with E-state index in [1.165, 1.54) is 0 Å². The highest BCUT2D eigenvalue weighted by atomic mass is 16.5. The van der Waals surface area contributed by atoms with E-state index in [4.69, 9.17) is 4.74 Å². The molecule has 1 N–H and O–H groups in total. The molecule has 116 valence electrons. The minimum atomic E-state index is -0.355. The fourth-order valence-electron chi connectivity index (χ4n) is 2.59. The van der Waals surface area contributed by atoms with Gasteiger partial charge in [-0.05, 0) is 33.2 Å². The standard InChI is InChI=1S/C15H24N4O2/c1-4-8-19(12-6-7-16-9-12)15-17-10-13(11(3)18-15)14(20)21-5-2/h10,12,16H,4-9H2,1-3H3. The normalized spacial score (nSPS) is 17.8. The number of aryl methyl sites for hydroxylation is 1. The number of ether oxygens (including phenoxy) is 1. The maximum Gasteiger partial charge on any atom is 0.341 e. The number of nitrogens with zero attached hydrogens (tertiary/aromatic N) is 3. The smallest absolute Gasteiger partial charge is 0.341 e. The van der Waals surface area contributed by atoms with Crippen LogP contribution < -0.4 is 10.2 Å². The van der Waals surface area contributed by atoms with E-state index in [0.717, 1.165) is 32.5 Å². The van der Waals surface area contributed by atoms with Gasteiger partial charge in [0.15, 0.2) is 0 Å². The maximum atomic E-state index is 11.8. The van der Waals surface area contributed by atoms with Gasteiger partial charge in [0.25, 0.3) is 0 Å². The van der Waals surface area contributed by atoms with E-state index in [1.54, 1.807) is 13.1 Å². The molecule has 1 aliphatic heterocycles. The van der Waals surface area contributed by atoms with Crippen molar-refractivity contribution in [3.8, 4) is 0 Å². The van der Waals surface area contributed by atoms with Crippen LogP contribution in [0.2, 0.25) is 0 Å². The molecule has 0 aromatic carbocycles. The number of esters is 1. The topological polar surface area (TPSA) is 67.4 Å². The third kappa shape index (κ3) is 3.69. The third-order valence-electron chi connectivity index (χ3n) is 3.66. The van der Waals surface area contributed by atoms with Crippen LogP contribution in [0.5, 0.6) is 0 Å². The van der Waals surface area contributed by atoms with Gasteiger partial charge in [0.1, 0.15) is 0 Å². The fraction of sp³-hybridized carbons (Fsp3) is 0.667. The van der Waals surface area contributed by atoms with Crippen LogP contribution >= 0.6 is 0 Å². The van der Waals surface area contributed by atoms with Crippen LogP contribution in [0.3, 0.4) is 0 Å². The van der Waals surface area contributed by atoms with Gasteiger partial charge in [-0.2, -0.15) is 0 Å². The van der Waals surface area contributed by atoms with Crippen LogP contribution in [0.1, 0.15) is 42.7 Å². The van der Waals surface area contributed by atoms with Crippen molar-refractivity contribution in [3.63, 3.8) is 0 Å². The lowest BCUT2D eigenvalue weighted by atomic mass is 10.2. The minimum absolute atomic E-state index is 0.355. The van der Waals surface area contributed by atoms with E-state index in [2.05, 4.69) is 27.1 Å². The zero-order valence-electron chi connectivity index (χ0n) is 13.1. The Hall–Kier alpha value is -1.69. The van der Waals surface area contributed by atoms with E-state index in [-0.39, 0.29) is 5.97 Å². The zero-order chi connectivity index (χ0) is 15.2. The van der Waals surface area contributed by atoms with Crippen molar-refractivity contribution in [2.24, 2.45) is 0 Å². The average Bonchev–Trinajstić information content (AvgIpc) is 2.98. The first-order valence-electron chi connectivity index (χ1n) is 7.65. The lowest BCUT2D eigenvalue weighted by Gasteiger charge is -2.28. The molecule has 1 unspecified atom stereocenters. The van der Waals surface area contributed by atoms with Crippen molar-refractivity contribution in [1.82, 2.24) is 15.3 Å². The van der Waals surface area contributed by atoms with Crippen LogP contribution in [-0.4, -0.2) is 48.2 Å². The quantitative estimate of drug-likeness (QED) is 0.802. The van der Waals surface area contributed by atoms with Crippen molar-refractivity contribution in [2.45, 2.75) is 39.7 Å². The summed E-state index contributed by atoms with van der Waals surface area (Å²) in [6.45, 7) is 9.04. The molecule has 0 saturated carbocycles. The van der Waals surface area contributed by atoms with Crippen LogP contribution in [0.4, 0.5) is 5.95 Å². The van der Waals surface area contributed by atoms with E-state index >= 15 is 0 Å². The molecule has 1 fully saturated rings. The molecule has 0 amide bonds. The van der Waals surface area contributed by atoms with Crippen LogP contribution in [0.25, 0.3) is 0 Å². The Bertz CT molecular complexity index is 487. The Balaban J connectivity index is 2.21. The largest absolute Gasteiger partial charge is 0.462 e. The third-order valence-corrected chi connectivity index (χ3v) is 3.66. The second kappa shape index (κ2) is 7.36. The molecule has 2 heterocycles. The number of carbonyl (C=O) groups excluding carboxylic acids is 1. The molecule has 1 aliphatic rings. The number of nitrogens with one attached hydrogen (secondary N) is 1. The predicted octanol–water partition coefficient (Wildman–Crippen LogP) is 1.54. The zero-order valence-corrected chi connectivity index (χ0v) is 13.1. The number of carbonyl (C=O) groups is 1. The summed E-state index contributed by atoms with van der Waals surface area (Å²) < 4.78 is 5.01. The molecule has 6 heteroatoms. The maximum absolute atomic E-state index is 11.8. The second-order valence-corrected chi connectivity index (χ2v) is 5.23. The van der Waals surface area contributed by atoms with Gasteiger partial charge in [-0.25, -0.2) is 14.8 Å². The molecule has 6 nitrogen and oxygen atoms in total. The molecule has 0 bridgehead atoms. The number of hydrogen-bond acceptors (Lipinski definition) is 6. The molecule has 1 aromatic heterocycles. The molecular formula is C15H24N4O2. The molecule has 0 aliphatic carbocycles. The summed E-state index contributed by atoms with van der Waals surface area (Å²) in [5, 5.41) is 3.37. The summed E-state index contributed by atoms with van der Waals surface area (Å²) in [5.41, 5.74) is 1.12. The number of anilines is 1. The summed E-state index contributed by atoms with van der Waals surface area (Å²) in [7, 11) is 0. The highest BCUT2D eigenvalue weighted by Gasteiger charge is 2.24. The Morgan fingerprint density at radius 1 is 1.52 bits per heavy atom. The number of hydrogen-bond donors (Lipinski definition) is 1. The first-order chi connectivity index (χ1) is 10.2. The van der Waals surface area contributed by atoms with Crippen molar-refractivity contribution in [2.75, 3.05) is 31.1 Å². The molecule has 0 radical (unpaired) electrons. The first-order valence-corrected chi connectivity index (χ1v) is 7.65. The number of rotatable bonds is 6. The summed E-state index contributed by atoms with van der Waals surface area (Å²) in [6, 6.07) is 0.429. The highest BCUT2D eigenvalue weighted by molar-refractivity contribution is 5.90. The van der Waals surface area contributed by atoms with Crippen LogP contribution in [0.15, 0.2) is 6.20 Å². The fourth-order valence-corrected chi connectivity index (χ4v) is 2.59. The van der Waals surface area contributed by atoms with E-state index in [1.807, 2.05) is 6.92 Å². The summed E-state index contributed by atoms with van der Waals surface area (Å²) in [5.74, 6) is 0.349. The predicted molar refractivity (Wildman–Crippen MR) is 81.6 cm³/mol. The summed E-state index contributed by atoms with van der Waals surface area (Å²) in [6.07, 6.45) is 3.72. The van der Waals surface area contributed by atoms with Gasteiger partial charge in [-0.15, -0.1) is 0 Å². The van der Waals surface area contributed by atoms with E-state index in [0.29, 0.717) is 29.9 Å². The highest BCUT2D eigenvalue weighted by Crippen LogP contribution is 2.18. The van der Waals surface area contributed by atoms with Gasteiger partial charge in [0.05, 0.1) is 17.9 Å². The molecule has 1 atom stereocenters. The molecule has 21 heavy (non-hydrogen) atoms. The van der Waals surface area contributed by atoms with Gasteiger partial charge in [-0.1, -0.05) is 6.92 Å². The molecular weight excluding hydrogens is 268 g/mol. The Morgan fingerprint density at radius 2 is 2.33 bits per heavy atom. The van der Waals surface area contributed by atoms with Gasteiger partial charge in [0, 0.05) is 25.3 Å². The van der Waals surface area contributed by atoms with E-state index in [9.17, 15) is 4.79 Å². The Labute approximate surface area is 125 Å². The lowest BCUT2D eigenvalue weighted by Crippen LogP contribution is -2.39. The van der Waals surface area contributed by atoms with Gasteiger partial charge < -0.3 is 15.0 Å². The molecule has 0 spiro atoms. The molecule has 2 rings (SSSR count). The Morgan fingerprint density at radius 3 is 2.90 bits per heavy atom. The van der Waals surface area contributed by atoms with Gasteiger partial charge in [-0.3, -0.25) is 0 Å². The lowest BCUT2D eigenvalue weighted by molar-refractivity contribution is 0.0524. The SMILES string of the molecule is CCCN(c1ncc(C(=O)OCC)c(C)n1)C1CCNC1. The van der Waals surface area contributed by atoms with Crippen molar-refractivity contribution in [3.05, 3.63) is 17.5 Å². The minimum Gasteiger partial charge on any atom is -0.462 e. The number of aromatic nitrogens is 2. The monoisotopic (exact) mass is 292 g/mol. The van der Waals surface area contributed by atoms with E-state index < -0.39 is 0 Å². The van der Waals surface area contributed by atoms with Gasteiger partial charge in [0.2, 0.25) is 5.95 Å². The van der Waals surface area contributed by atoms with Crippen molar-refractivity contribution >= 4 is 11.9 Å². The van der Waals surface area contributed by atoms with Crippen molar-refractivity contribution in [1.29, 1.82) is 0 Å². The molecule has 1 aromatic rings. The summed E-state index contributed by atoms with van der Waals surface area (Å²) in [4.78, 5) is 23.0. The second-order valence-electron chi connectivity index (χ2n) is 5.23. The van der Waals surface area contributed by atoms with Crippen LogP contribution in [-0.2, 0) is 4.74 Å². The average molecular weight is 292 g/mol.